The molecule has 0 fully saturated rings. The molecular formula is C21H24Cl3N3O4S. The molecule has 11 heteroatoms. The summed E-state index contributed by atoms with van der Waals surface area (Å²) < 4.78 is 25.9. The van der Waals surface area contributed by atoms with E-state index in [0.717, 1.165) is 10.6 Å². The van der Waals surface area contributed by atoms with E-state index < -0.39 is 28.5 Å². The normalized spacial score (nSPS) is 12.2. The molecule has 0 aliphatic rings. The summed E-state index contributed by atoms with van der Waals surface area (Å²) in [6, 6.07) is 10.1. The molecule has 0 spiro atoms. The van der Waals surface area contributed by atoms with E-state index in [0.29, 0.717) is 27.2 Å². The van der Waals surface area contributed by atoms with Crippen molar-refractivity contribution < 1.29 is 18.0 Å². The zero-order chi connectivity index (χ0) is 24.1. The van der Waals surface area contributed by atoms with Crippen LogP contribution in [0.1, 0.15) is 19.4 Å². The molecule has 1 atom stereocenters. The highest BCUT2D eigenvalue weighted by atomic mass is 35.5. The molecule has 0 heterocycles. The maximum Gasteiger partial charge on any atom is 0.244 e. The number of rotatable bonds is 9. The van der Waals surface area contributed by atoms with Gasteiger partial charge in [0.1, 0.15) is 12.6 Å². The predicted molar refractivity (Wildman–Crippen MR) is 129 cm³/mol. The Bertz CT molecular complexity index is 1060. The third-order valence-corrected chi connectivity index (χ3v) is 6.80. The van der Waals surface area contributed by atoms with Crippen LogP contribution in [-0.4, -0.2) is 50.5 Å². The molecule has 2 amide bonds. The van der Waals surface area contributed by atoms with Gasteiger partial charge in [-0.25, -0.2) is 8.42 Å². The molecular weight excluding hydrogens is 497 g/mol. The standard InChI is InChI=1S/C21H24Cl3N3O4S/c1-4-25-21(29)14(2)26(12-17-18(23)6-5-7-19(17)24)20(28)13-27(32(3,30)31)16-10-8-15(22)9-11-16/h5-11,14H,4,12-13H2,1-3H3,(H,25,29). The van der Waals surface area contributed by atoms with E-state index in [1.165, 1.54) is 29.2 Å². The molecule has 0 aliphatic heterocycles. The van der Waals surface area contributed by atoms with Crippen molar-refractivity contribution in [2.24, 2.45) is 0 Å². The summed E-state index contributed by atoms with van der Waals surface area (Å²) in [4.78, 5) is 27.1. The summed E-state index contributed by atoms with van der Waals surface area (Å²) in [5.74, 6) is -0.985. The fourth-order valence-corrected chi connectivity index (χ4v) is 4.47. The Labute approximate surface area is 203 Å². The lowest BCUT2D eigenvalue weighted by Gasteiger charge is -2.31. The number of nitrogens with zero attached hydrogens (tertiary/aromatic N) is 2. The molecule has 0 bridgehead atoms. The van der Waals surface area contributed by atoms with Gasteiger partial charge < -0.3 is 10.2 Å². The largest absolute Gasteiger partial charge is 0.355 e. The number of amides is 2. The molecule has 7 nitrogen and oxygen atoms in total. The highest BCUT2D eigenvalue weighted by Crippen LogP contribution is 2.27. The fraction of sp³-hybridized carbons (Fsp3) is 0.333. The van der Waals surface area contributed by atoms with Crippen molar-refractivity contribution in [2.45, 2.75) is 26.4 Å². The first-order valence-electron chi connectivity index (χ1n) is 9.69. The molecule has 2 aromatic carbocycles. The van der Waals surface area contributed by atoms with E-state index in [2.05, 4.69) is 5.32 Å². The van der Waals surface area contributed by atoms with Crippen LogP contribution in [0.15, 0.2) is 42.5 Å². The molecule has 0 saturated heterocycles. The number of sulfonamides is 1. The zero-order valence-corrected chi connectivity index (χ0v) is 20.9. The van der Waals surface area contributed by atoms with Crippen LogP contribution in [0.2, 0.25) is 15.1 Å². The highest BCUT2D eigenvalue weighted by Gasteiger charge is 2.30. The van der Waals surface area contributed by atoms with E-state index in [9.17, 15) is 18.0 Å². The van der Waals surface area contributed by atoms with Crippen molar-refractivity contribution in [2.75, 3.05) is 23.7 Å². The van der Waals surface area contributed by atoms with Crippen molar-refractivity contribution in [1.29, 1.82) is 0 Å². The average molecular weight is 521 g/mol. The summed E-state index contributed by atoms with van der Waals surface area (Å²) in [6.45, 7) is 3.09. The first kappa shape index (κ1) is 26.3. The van der Waals surface area contributed by atoms with Gasteiger partial charge in [0.25, 0.3) is 0 Å². The minimum atomic E-state index is -3.81. The summed E-state index contributed by atoms with van der Waals surface area (Å²) in [5, 5.41) is 3.76. The Morgan fingerprint density at radius 3 is 2.09 bits per heavy atom. The van der Waals surface area contributed by atoms with Gasteiger partial charge in [-0.2, -0.15) is 0 Å². The third-order valence-electron chi connectivity index (χ3n) is 4.70. The summed E-state index contributed by atoms with van der Waals surface area (Å²) in [6.07, 6.45) is 0.997. The molecule has 0 saturated carbocycles. The van der Waals surface area contributed by atoms with E-state index >= 15 is 0 Å². The number of hydrogen-bond donors (Lipinski definition) is 1. The number of hydrogen-bond acceptors (Lipinski definition) is 4. The van der Waals surface area contributed by atoms with Gasteiger partial charge in [0, 0.05) is 33.7 Å². The van der Waals surface area contributed by atoms with Crippen molar-refractivity contribution in [1.82, 2.24) is 10.2 Å². The SMILES string of the molecule is CCNC(=O)C(C)N(Cc1c(Cl)cccc1Cl)C(=O)CN(c1ccc(Cl)cc1)S(C)(=O)=O. The number of carbonyl (C=O) groups excluding carboxylic acids is 2. The van der Waals surface area contributed by atoms with Gasteiger partial charge in [-0.1, -0.05) is 40.9 Å². The van der Waals surface area contributed by atoms with Crippen LogP contribution in [0, 0.1) is 0 Å². The Hall–Kier alpha value is -2.00. The third kappa shape index (κ3) is 6.75. The summed E-state index contributed by atoms with van der Waals surface area (Å²) in [5.41, 5.74) is 0.726. The second-order valence-corrected chi connectivity index (χ2v) is 10.2. The molecule has 0 aliphatic carbocycles. The van der Waals surface area contributed by atoms with Gasteiger partial charge in [0.2, 0.25) is 21.8 Å². The number of carbonyl (C=O) groups is 2. The van der Waals surface area contributed by atoms with Gasteiger partial charge in [-0.05, 0) is 50.2 Å². The van der Waals surface area contributed by atoms with Crippen molar-refractivity contribution in [3.05, 3.63) is 63.1 Å². The number of benzene rings is 2. The van der Waals surface area contributed by atoms with Crippen LogP contribution in [0.3, 0.4) is 0 Å². The van der Waals surface area contributed by atoms with Crippen molar-refractivity contribution >= 4 is 62.3 Å². The molecule has 1 unspecified atom stereocenters. The predicted octanol–water partition coefficient (Wildman–Crippen LogP) is 3.97. The first-order valence-corrected chi connectivity index (χ1v) is 12.7. The maximum atomic E-state index is 13.3. The Morgan fingerprint density at radius 2 is 1.59 bits per heavy atom. The van der Waals surface area contributed by atoms with Gasteiger partial charge in [-0.15, -0.1) is 0 Å². The monoisotopic (exact) mass is 519 g/mol. The van der Waals surface area contributed by atoms with Crippen LogP contribution >= 0.6 is 34.8 Å². The maximum absolute atomic E-state index is 13.3. The van der Waals surface area contributed by atoms with Crippen LogP contribution in [0.4, 0.5) is 5.69 Å². The molecule has 174 valence electrons. The second-order valence-electron chi connectivity index (χ2n) is 7.04. The smallest absolute Gasteiger partial charge is 0.244 e. The Kier molecular flexibility index (Phi) is 9.21. The van der Waals surface area contributed by atoms with E-state index in [1.807, 2.05) is 0 Å². The van der Waals surface area contributed by atoms with Gasteiger partial charge in [0.05, 0.1) is 11.9 Å². The topological polar surface area (TPSA) is 86.8 Å². The van der Waals surface area contributed by atoms with Gasteiger partial charge >= 0.3 is 0 Å². The fourth-order valence-electron chi connectivity index (χ4n) is 2.98. The minimum Gasteiger partial charge on any atom is -0.355 e. The minimum absolute atomic E-state index is 0.0755. The van der Waals surface area contributed by atoms with E-state index in [1.54, 1.807) is 32.0 Å². The highest BCUT2D eigenvalue weighted by molar-refractivity contribution is 7.92. The van der Waals surface area contributed by atoms with Crippen LogP contribution in [-0.2, 0) is 26.2 Å². The average Bonchev–Trinajstić information content (AvgIpc) is 2.71. The van der Waals surface area contributed by atoms with Gasteiger partial charge in [-0.3, -0.25) is 13.9 Å². The number of anilines is 1. The summed E-state index contributed by atoms with van der Waals surface area (Å²) >= 11 is 18.4. The molecule has 1 N–H and O–H groups in total. The number of likely N-dealkylation sites (N-methyl/N-ethyl adjacent to an activating group) is 1. The Morgan fingerprint density at radius 1 is 1.03 bits per heavy atom. The number of nitrogens with one attached hydrogen (secondary N) is 1. The van der Waals surface area contributed by atoms with Crippen LogP contribution in [0.25, 0.3) is 0 Å². The Balaban J connectivity index is 2.43. The van der Waals surface area contributed by atoms with Gasteiger partial charge in [0.15, 0.2) is 0 Å². The number of halogens is 3. The summed E-state index contributed by atoms with van der Waals surface area (Å²) in [7, 11) is -3.81. The second kappa shape index (κ2) is 11.2. The van der Waals surface area contributed by atoms with E-state index in [4.69, 9.17) is 34.8 Å². The lowest BCUT2D eigenvalue weighted by atomic mass is 10.1. The zero-order valence-electron chi connectivity index (χ0n) is 17.8. The molecule has 0 radical (unpaired) electrons. The quantitative estimate of drug-likeness (QED) is 0.542. The lowest BCUT2D eigenvalue weighted by molar-refractivity contribution is -0.139. The van der Waals surface area contributed by atoms with Crippen LogP contribution in [0.5, 0.6) is 0 Å². The van der Waals surface area contributed by atoms with Crippen molar-refractivity contribution in [3.8, 4) is 0 Å². The molecule has 0 aromatic heterocycles. The lowest BCUT2D eigenvalue weighted by Crippen LogP contribution is -2.51. The molecule has 2 aromatic rings. The van der Waals surface area contributed by atoms with Crippen molar-refractivity contribution in [3.63, 3.8) is 0 Å². The van der Waals surface area contributed by atoms with E-state index in [-0.39, 0.29) is 18.1 Å². The first-order chi connectivity index (χ1) is 15.0. The molecule has 32 heavy (non-hydrogen) atoms. The van der Waals surface area contributed by atoms with Crippen LogP contribution < -0.4 is 9.62 Å². The molecule has 2 rings (SSSR count).